The second kappa shape index (κ2) is 8.41. The second-order valence-electron chi connectivity index (χ2n) is 6.83. The van der Waals surface area contributed by atoms with E-state index >= 15 is 0 Å². The van der Waals surface area contributed by atoms with Crippen LogP contribution in [-0.4, -0.2) is 35.1 Å². The van der Waals surface area contributed by atoms with Gasteiger partial charge in [-0.05, 0) is 48.0 Å². The van der Waals surface area contributed by atoms with Gasteiger partial charge in [0.15, 0.2) is 0 Å². The third-order valence-corrected chi connectivity index (χ3v) is 4.96. The molecule has 2 heterocycles. The third kappa shape index (κ3) is 5.14. The van der Waals surface area contributed by atoms with Crippen LogP contribution in [0.25, 0.3) is 22.9 Å². The van der Waals surface area contributed by atoms with Gasteiger partial charge in [0, 0.05) is 11.8 Å². The third-order valence-electron chi connectivity index (χ3n) is 4.36. The lowest BCUT2D eigenvalue weighted by Crippen LogP contribution is -2.09. The van der Waals surface area contributed by atoms with Crippen LogP contribution in [0, 0.1) is 0 Å². The summed E-state index contributed by atoms with van der Waals surface area (Å²) in [5.74, 6) is 0.394. The summed E-state index contributed by atoms with van der Waals surface area (Å²) < 4.78 is 26.7. The number of carbonyl (C=O) groups is 1. The molecule has 0 spiro atoms. The first-order valence-corrected chi connectivity index (χ1v) is 11.2. The Balaban J connectivity index is 1.39. The van der Waals surface area contributed by atoms with E-state index in [1.54, 1.807) is 55.0 Å². The van der Waals surface area contributed by atoms with E-state index in [0.717, 1.165) is 22.9 Å². The minimum Gasteiger partial charge on any atom is -0.321 e. The normalized spacial score (nSPS) is 11.6. The molecule has 4 aromatic rings. The lowest BCUT2D eigenvalue weighted by Gasteiger charge is -2.06. The first-order chi connectivity index (χ1) is 14.9. The van der Waals surface area contributed by atoms with E-state index in [0.29, 0.717) is 17.2 Å². The Kier molecular flexibility index (Phi) is 5.50. The number of hydrogen-bond acceptors (Lipinski definition) is 5. The van der Waals surface area contributed by atoms with Crippen molar-refractivity contribution in [1.82, 2.24) is 14.5 Å². The fourth-order valence-electron chi connectivity index (χ4n) is 2.98. The summed E-state index contributed by atoms with van der Waals surface area (Å²) in [4.78, 5) is 21.0. The maximum absolute atomic E-state index is 12.2. The molecule has 156 valence electrons. The lowest BCUT2D eigenvalue weighted by molar-refractivity contribution is -0.111. The monoisotopic (exact) mass is 433 g/mol. The SMILES string of the molecule is CS(=O)(=O)Nc1ccc(/C=C/C(=O)Nc2ccc(-n3cnc4ccccc43)nc2)cc1. The molecule has 1 amide bonds. The summed E-state index contributed by atoms with van der Waals surface area (Å²) in [5, 5.41) is 2.76. The molecular weight excluding hydrogens is 414 g/mol. The number of sulfonamides is 1. The molecule has 8 nitrogen and oxygen atoms in total. The van der Waals surface area contributed by atoms with Crippen LogP contribution in [0.15, 0.2) is 79.3 Å². The predicted molar refractivity (Wildman–Crippen MR) is 121 cm³/mol. The molecule has 4 rings (SSSR count). The number of benzene rings is 2. The Hall–Kier alpha value is -3.98. The van der Waals surface area contributed by atoms with Gasteiger partial charge in [-0.25, -0.2) is 18.4 Å². The topological polar surface area (TPSA) is 106 Å². The van der Waals surface area contributed by atoms with Gasteiger partial charge in [0.2, 0.25) is 15.9 Å². The van der Waals surface area contributed by atoms with Gasteiger partial charge in [-0.2, -0.15) is 0 Å². The molecule has 2 aromatic heterocycles. The van der Waals surface area contributed by atoms with Gasteiger partial charge in [-0.15, -0.1) is 0 Å². The summed E-state index contributed by atoms with van der Waals surface area (Å²) in [6.07, 6.45) is 7.42. The first-order valence-electron chi connectivity index (χ1n) is 9.33. The average Bonchev–Trinajstić information content (AvgIpc) is 3.17. The Morgan fingerprint density at radius 2 is 1.71 bits per heavy atom. The number of nitrogens with zero attached hydrogens (tertiary/aromatic N) is 3. The van der Waals surface area contributed by atoms with E-state index in [1.807, 2.05) is 28.8 Å². The Labute approximate surface area is 179 Å². The van der Waals surface area contributed by atoms with Crippen LogP contribution in [0.2, 0.25) is 0 Å². The smallest absolute Gasteiger partial charge is 0.248 e. The van der Waals surface area contributed by atoms with Gasteiger partial charge < -0.3 is 5.32 Å². The van der Waals surface area contributed by atoms with Crippen molar-refractivity contribution in [2.75, 3.05) is 16.3 Å². The molecule has 0 aliphatic heterocycles. The number of anilines is 2. The van der Waals surface area contributed by atoms with Crippen LogP contribution >= 0.6 is 0 Å². The molecule has 2 aromatic carbocycles. The molecule has 31 heavy (non-hydrogen) atoms. The van der Waals surface area contributed by atoms with Crippen molar-refractivity contribution in [2.45, 2.75) is 0 Å². The highest BCUT2D eigenvalue weighted by atomic mass is 32.2. The number of nitrogens with one attached hydrogen (secondary N) is 2. The Morgan fingerprint density at radius 3 is 2.42 bits per heavy atom. The molecule has 0 aliphatic rings. The zero-order valence-corrected chi connectivity index (χ0v) is 17.4. The van der Waals surface area contributed by atoms with Crippen molar-refractivity contribution in [3.8, 4) is 5.82 Å². The van der Waals surface area contributed by atoms with E-state index in [1.165, 1.54) is 6.08 Å². The fraction of sp³-hybridized carbons (Fsp3) is 0.0455. The molecular formula is C22H19N5O3S. The maximum Gasteiger partial charge on any atom is 0.248 e. The van der Waals surface area contributed by atoms with Gasteiger partial charge in [0.05, 0.1) is 29.2 Å². The minimum absolute atomic E-state index is 0.305. The number of imidazole rings is 1. The number of amides is 1. The van der Waals surface area contributed by atoms with Gasteiger partial charge >= 0.3 is 0 Å². The quantitative estimate of drug-likeness (QED) is 0.453. The van der Waals surface area contributed by atoms with Crippen LogP contribution in [0.3, 0.4) is 0 Å². The molecule has 0 unspecified atom stereocenters. The second-order valence-corrected chi connectivity index (χ2v) is 8.58. The molecule has 0 saturated heterocycles. The first kappa shape index (κ1) is 20.3. The molecule has 0 saturated carbocycles. The number of hydrogen-bond donors (Lipinski definition) is 2. The Morgan fingerprint density at radius 1 is 0.968 bits per heavy atom. The highest BCUT2D eigenvalue weighted by molar-refractivity contribution is 7.92. The lowest BCUT2D eigenvalue weighted by atomic mass is 10.2. The number of pyridine rings is 1. The van der Waals surface area contributed by atoms with Crippen molar-refractivity contribution < 1.29 is 13.2 Å². The molecule has 0 atom stereocenters. The molecule has 9 heteroatoms. The van der Waals surface area contributed by atoms with Crippen molar-refractivity contribution in [1.29, 1.82) is 0 Å². The Bertz CT molecular complexity index is 1360. The molecule has 0 bridgehead atoms. The maximum atomic E-state index is 12.2. The summed E-state index contributed by atoms with van der Waals surface area (Å²) in [6, 6.07) is 18.0. The molecule has 0 radical (unpaired) electrons. The number of fused-ring (bicyclic) bond motifs is 1. The van der Waals surface area contributed by atoms with Gasteiger partial charge in [-0.1, -0.05) is 24.3 Å². The molecule has 0 aliphatic carbocycles. The highest BCUT2D eigenvalue weighted by Gasteiger charge is 2.06. The van der Waals surface area contributed by atoms with Crippen LogP contribution in [0.4, 0.5) is 11.4 Å². The predicted octanol–water partition coefficient (Wildman–Crippen LogP) is 3.44. The van der Waals surface area contributed by atoms with Gasteiger partial charge in [0.25, 0.3) is 0 Å². The van der Waals surface area contributed by atoms with Crippen molar-refractivity contribution >= 4 is 44.4 Å². The minimum atomic E-state index is -3.32. The highest BCUT2D eigenvalue weighted by Crippen LogP contribution is 2.18. The zero-order chi connectivity index (χ0) is 21.8. The number of rotatable bonds is 6. The summed E-state index contributed by atoms with van der Waals surface area (Å²) >= 11 is 0. The zero-order valence-electron chi connectivity index (χ0n) is 16.6. The van der Waals surface area contributed by atoms with Crippen LogP contribution in [0.1, 0.15) is 5.56 Å². The van der Waals surface area contributed by atoms with Gasteiger partial charge in [-0.3, -0.25) is 14.1 Å². The number of carbonyl (C=O) groups excluding carboxylic acids is 1. The van der Waals surface area contributed by atoms with Crippen LogP contribution in [0.5, 0.6) is 0 Å². The van der Waals surface area contributed by atoms with E-state index in [-0.39, 0.29) is 5.91 Å². The average molecular weight is 433 g/mol. The van der Waals surface area contributed by atoms with Crippen LogP contribution < -0.4 is 10.0 Å². The summed E-state index contributed by atoms with van der Waals surface area (Å²) in [7, 11) is -3.32. The van der Waals surface area contributed by atoms with E-state index in [9.17, 15) is 13.2 Å². The van der Waals surface area contributed by atoms with E-state index in [4.69, 9.17) is 0 Å². The summed E-state index contributed by atoms with van der Waals surface area (Å²) in [5.41, 5.74) is 3.62. The number of aromatic nitrogens is 3. The van der Waals surface area contributed by atoms with Crippen molar-refractivity contribution in [3.63, 3.8) is 0 Å². The van der Waals surface area contributed by atoms with Gasteiger partial charge in [0.1, 0.15) is 12.1 Å². The fourth-order valence-corrected chi connectivity index (χ4v) is 3.54. The van der Waals surface area contributed by atoms with Crippen molar-refractivity contribution in [2.24, 2.45) is 0 Å². The largest absolute Gasteiger partial charge is 0.321 e. The van der Waals surface area contributed by atoms with E-state index < -0.39 is 10.0 Å². The standard InChI is InChI=1S/C22H19N5O3S/c1-31(29,30)26-17-9-6-16(7-10-17)8-13-22(28)25-18-11-12-21(23-14-18)27-15-24-19-4-2-3-5-20(19)27/h2-15,26H,1H3,(H,25,28)/b13-8+. The molecule has 2 N–H and O–H groups in total. The summed E-state index contributed by atoms with van der Waals surface area (Å²) in [6.45, 7) is 0. The van der Waals surface area contributed by atoms with Crippen LogP contribution in [-0.2, 0) is 14.8 Å². The van der Waals surface area contributed by atoms with Crippen molar-refractivity contribution in [3.05, 3.63) is 84.8 Å². The number of para-hydroxylation sites is 2. The molecule has 0 fully saturated rings. The van der Waals surface area contributed by atoms with E-state index in [2.05, 4.69) is 20.0 Å².